The lowest BCUT2D eigenvalue weighted by Gasteiger charge is -2.12. The predicted molar refractivity (Wildman–Crippen MR) is 79.0 cm³/mol. The molecule has 0 heterocycles. The van der Waals surface area contributed by atoms with Crippen LogP contribution in [-0.4, -0.2) is 5.11 Å². The highest BCUT2D eigenvalue weighted by Crippen LogP contribution is 2.24. The summed E-state index contributed by atoms with van der Waals surface area (Å²) in [4.78, 5) is 0. The van der Waals surface area contributed by atoms with Crippen molar-refractivity contribution in [3.05, 3.63) is 68.7 Å². The van der Waals surface area contributed by atoms with E-state index >= 15 is 0 Å². The van der Waals surface area contributed by atoms with Gasteiger partial charge in [0.1, 0.15) is 0 Å². The molecule has 0 fully saturated rings. The van der Waals surface area contributed by atoms with Gasteiger partial charge in [0.15, 0.2) is 0 Å². The molecule has 0 spiro atoms. The number of aryl methyl sites for hydroxylation is 1. The molecule has 18 heavy (non-hydrogen) atoms. The Bertz CT molecular complexity index is 554. The molecule has 1 N–H and O–H groups in total. The van der Waals surface area contributed by atoms with Gasteiger partial charge in [0.05, 0.1) is 6.10 Å². The molecule has 1 unspecified atom stereocenters. The van der Waals surface area contributed by atoms with E-state index < -0.39 is 6.10 Å². The van der Waals surface area contributed by atoms with Gasteiger partial charge in [0.25, 0.3) is 0 Å². The average Bonchev–Trinajstić information content (AvgIpc) is 2.32. The topological polar surface area (TPSA) is 20.2 Å². The van der Waals surface area contributed by atoms with Gasteiger partial charge in [-0.1, -0.05) is 51.8 Å². The first-order chi connectivity index (χ1) is 8.56. The molecule has 2 aromatic rings. The first-order valence-electron chi connectivity index (χ1n) is 5.75. The first kappa shape index (κ1) is 13.6. The highest BCUT2D eigenvalue weighted by molar-refractivity contribution is 9.10. The van der Waals surface area contributed by atoms with Crippen LogP contribution in [-0.2, 0) is 6.42 Å². The second kappa shape index (κ2) is 5.87. The number of aliphatic hydroxyl groups is 1. The van der Waals surface area contributed by atoms with Gasteiger partial charge >= 0.3 is 0 Å². The minimum atomic E-state index is -0.504. The van der Waals surface area contributed by atoms with Crippen LogP contribution < -0.4 is 0 Å². The van der Waals surface area contributed by atoms with Crippen molar-refractivity contribution in [2.45, 2.75) is 19.4 Å². The standard InChI is InChI=1S/C15H14BrClO/c1-10-7-12(5-6-14(10)17)15(18)9-11-3-2-4-13(16)8-11/h2-8,15,18H,9H2,1H3. The molecule has 0 saturated heterocycles. The molecule has 94 valence electrons. The second-order valence-corrected chi connectivity index (χ2v) is 5.68. The van der Waals surface area contributed by atoms with Crippen molar-refractivity contribution in [1.82, 2.24) is 0 Å². The van der Waals surface area contributed by atoms with Crippen LogP contribution in [0.2, 0.25) is 5.02 Å². The van der Waals surface area contributed by atoms with Gasteiger partial charge in [-0.2, -0.15) is 0 Å². The second-order valence-electron chi connectivity index (χ2n) is 4.36. The predicted octanol–water partition coefficient (Wildman–Crippen LogP) is 4.69. The zero-order chi connectivity index (χ0) is 13.1. The molecular weight excluding hydrogens is 312 g/mol. The normalized spacial score (nSPS) is 12.4. The van der Waals surface area contributed by atoms with E-state index in [1.54, 1.807) is 0 Å². The molecule has 0 amide bonds. The van der Waals surface area contributed by atoms with Gasteiger partial charge in [-0.05, 0) is 41.8 Å². The maximum atomic E-state index is 10.2. The molecule has 0 aliphatic heterocycles. The van der Waals surface area contributed by atoms with Gasteiger partial charge in [0.2, 0.25) is 0 Å². The van der Waals surface area contributed by atoms with E-state index in [1.807, 2.05) is 49.4 Å². The third-order valence-corrected chi connectivity index (χ3v) is 3.80. The Morgan fingerprint density at radius 2 is 2.00 bits per heavy atom. The summed E-state index contributed by atoms with van der Waals surface area (Å²) in [6, 6.07) is 13.6. The molecule has 0 saturated carbocycles. The minimum absolute atomic E-state index is 0.504. The smallest absolute Gasteiger partial charge is 0.0830 e. The molecule has 0 aromatic heterocycles. The van der Waals surface area contributed by atoms with E-state index in [1.165, 1.54) is 0 Å². The zero-order valence-corrected chi connectivity index (χ0v) is 12.4. The molecule has 0 aliphatic carbocycles. The Labute approximate surface area is 121 Å². The lowest BCUT2D eigenvalue weighted by molar-refractivity contribution is 0.178. The minimum Gasteiger partial charge on any atom is -0.388 e. The third kappa shape index (κ3) is 3.35. The molecule has 0 aliphatic rings. The molecule has 0 radical (unpaired) electrons. The summed E-state index contributed by atoms with van der Waals surface area (Å²) in [7, 11) is 0. The fraction of sp³-hybridized carbons (Fsp3) is 0.200. The van der Waals surface area contributed by atoms with Gasteiger partial charge in [-0.25, -0.2) is 0 Å². The van der Waals surface area contributed by atoms with Crippen LogP contribution >= 0.6 is 27.5 Å². The van der Waals surface area contributed by atoms with E-state index in [9.17, 15) is 5.11 Å². The maximum absolute atomic E-state index is 10.2. The van der Waals surface area contributed by atoms with Gasteiger partial charge in [0, 0.05) is 15.9 Å². The first-order valence-corrected chi connectivity index (χ1v) is 6.92. The van der Waals surface area contributed by atoms with Crippen LogP contribution in [0.4, 0.5) is 0 Å². The summed E-state index contributed by atoms with van der Waals surface area (Å²) >= 11 is 9.41. The Kier molecular flexibility index (Phi) is 4.44. The molecule has 3 heteroatoms. The Hall–Kier alpha value is -0.830. The summed E-state index contributed by atoms with van der Waals surface area (Å²) in [6.45, 7) is 1.94. The number of aliphatic hydroxyl groups excluding tert-OH is 1. The number of hydrogen-bond acceptors (Lipinski definition) is 1. The zero-order valence-electron chi connectivity index (χ0n) is 10.0. The van der Waals surface area contributed by atoms with E-state index in [0.29, 0.717) is 6.42 Å². The van der Waals surface area contributed by atoms with Crippen molar-refractivity contribution < 1.29 is 5.11 Å². The van der Waals surface area contributed by atoms with Crippen LogP contribution in [0.3, 0.4) is 0 Å². The highest BCUT2D eigenvalue weighted by Gasteiger charge is 2.10. The van der Waals surface area contributed by atoms with Crippen LogP contribution in [0, 0.1) is 6.92 Å². The summed E-state index contributed by atoms with van der Waals surface area (Å²) in [5.74, 6) is 0. The highest BCUT2D eigenvalue weighted by atomic mass is 79.9. The van der Waals surface area contributed by atoms with Crippen molar-refractivity contribution in [2.75, 3.05) is 0 Å². The Balaban J connectivity index is 2.16. The maximum Gasteiger partial charge on any atom is 0.0830 e. The Morgan fingerprint density at radius 1 is 1.22 bits per heavy atom. The van der Waals surface area contributed by atoms with Crippen molar-refractivity contribution in [3.63, 3.8) is 0 Å². The fourth-order valence-corrected chi connectivity index (χ4v) is 2.44. The van der Waals surface area contributed by atoms with Crippen molar-refractivity contribution in [2.24, 2.45) is 0 Å². The van der Waals surface area contributed by atoms with E-state index in [2.05, 4.69) is 15.9 Å². The lowest BCUT2D eigenvalue weighted by Crippen LogP contribution is -2.02. The number of benzene rings is 2. The Morgan fingerprint density at radius 3 is 2.67 bits per heavy atom. The number of hydrogen-bond donors (Lipinski definition) is 1. The summed E-state index contributed by atoms with van der Waals surface area (Å²) in [5, 5.41) is 11.0. The van der Waals surface area contributed by atoms with Gasteiger partial charge in [-0.3, -0.25) is 0 Å². The van der Waals surface area contributed by atoms with Crippen LogP contribution in [0.15, 0.2) is 46.9 Å². The monoisotopic (exact) mass is 324 g/mol. The molecule has 2 rings (SSSR count). The molecular formula is C15H14BrClO. The van der Waals surface area contributed by atoms with Crippen molar-refractivity contribution >= 4 is 27.5 Å². The molecule has 0 bridgehead atoms. The fourth-order valence-electron chi connectivity index (χ4n) is 1.88. The van der Waals surface area contributed by atoms with Gasteiger partial charge in [-0.15, -0.1) is 0 Å². The van der Waals surface area contributed by atoms with Crippen molar-refractivity contribution in [1.29, 1.82) is 0 Å². The number of rotatable bonds is 3. The van der Waals surface area contributed by atoms with E-state index in [4.69, 9.17) is 11.6 Å². The largest absolute Gasteiger partial charge is 0.388 e. The SMILES string of the molecule is Cc1cc(C(O)Cc2cccc(Br)c2)ccc1Cl. The molecule has 2 aromatic carbocycles. The van der Waals surface area contributed by atoms with Crippen LogP contribution in [0.5, 0.6) is 0 Å². The average molecular weight is 326 g/mol. The quantitative estimate of drug-likeness (QED) is 0.868. The summed E-state index contributed by atoms with van der Waals surface area (Å²) in [5.41, 5.74) is 2.99. The van der Waals surface area contributed by atoms with E-state index in [0.717, 1.165) is 26.2 Å². The van der Waals surface area contributed by atoms with Crippen molar-refractivity contribution in [3.8, 4) is 0 Å². The lowest BCUT2D eigenvalue weighted by atomic mass is 10.0. The van der Waals surface area contributed by atoms with E-state index in [-0.39, 0.29) is 0 Å². The number of halogens is 2. The third-order valence-electron chi connectivity index (χ3n) is 2.88. The van der Waals surface area contributed by atoms with Crippen LogP contribution in [0.1, 0.15) is 22.8 Å². The molecule has 1 atom stereocenters. The molecule has 1 nitrogen and oxygen atoms in total. The summed E-state index contributed by atoms with van der Waals surface area (Å²) in [6.07, 6.45) is 0.0933. The van der Waals surface area contributed by atoms with Crippen LogP contribution in [0.25, 0.3) is 0 Å². The van der Waals surface area contributed by atoms with Gasteiger partial charge < -0.3 is 5.11 Å². The summed E-state index contributed by atoms with van der Waals surface area (Å²) < 4.78 is 1.03.